The Morgan fingerprint density at radius 3 is 3.00 bits per heavy atom. The molecule has 1 fully saturated rings. The van der Waals surface area contributed by atoms with Crippen LogP contribution in [0.2, 0.25) is 5.02 Å². The van der Waals surface area contributed by atoms with E-state index in [0.29, 0.717) is 28.9 Å². The maximum absolute atomic E-state index is 11.9. The largest absolute Gasteiger partial charge is 0.495 e. The summed E-state index contributed by atoms with van der Waals surface area (Å²) < 4.78 is 15.7. The highest BCUT2D eigenvalue weighted by Crippen LogP contribution is 2.25. The summed E-state index contributed by atoms with van der Waals surface area (Å²) >= 11 is 5.98. The fraction of sp³-hybridized carbons (Fsp3) is 0.500. The minimum Gasteiger partial charge on any atom is -0.495 e. The Morgan fingerprint density at radius 2 is 2.37 bits per heavy atom. The molecule has 0 bridgehead atoms. The Kier molecular flexibility index (Phi) is 5.19. The molecule has 104 valence electrons. The Balaban J connectivity index is 1.83. The zero-order valence-electron chi connectivity index (χ0n) is 10.9. The van der Waals surface area contributed by atoms with E-state index in [1.165, 1.54) is 7.11 Å². The van der Waals surface area contributed by atoms with E-state index in [-0.39, 0.29) is 12.4 Å². The van der Waals surface area contributed by atoms with E-state index in [1.54, 1.807) is 18.2 Å². The van der Waals surface area contributed by atoms with Crippen LogP contribution < -0.4 is 4.74 Å². The monoisotopic (exact) mass is 284 g/mol. The van der Waals surface area contributed by atoms with Crippen molar-refractivity contribution in [2.75, 3.05) is 33.5 Å². The molecule has 0 spiro atoms. The lowest BCUT2D eigenvalue weighted by atomic mass is 10.1. The maximum Gasteiger partial charge on any atom is 0.188 e. The van der Waals surface area contributed by atoms with Crippen molar-refractivity contribution in [1.29, 1.82) is 0 Å². The zero-order valence-corrected chi connectivity index (χ0v) is 11.6. The van der Waals surface area contributed by atoms with Crippen LogP contribution in [0.1, 0.15) is 16.8 Å². The van der Waals surface area contributed by atoms with Crippen LogP contribution in [0.15, 0.2) is 18.2 Å². The first-order valence-corrected chi connectivity index (χ1v) is 6.60. The van der Waals surface area contributed by atoms with E-state index in [9.17, 15) is 4.79 Å². The predicted octanol–water partition coefficient (Wildman–Crippen LogP) is 2.58. The molecule has 1 heterocycles. The van der Waals surface area contributed by atoms with Crippen LogP contribution in [-0.2, 0) is 9.47 Å². The van der Waals surface area contributed by atoms with Gasteiger partial charge in [0.2, 0.25) is 0 Å². The van der Waals surface area contributed by atoms with Gasteiger partial charge in [-0.3, -0.25) is 4.79 Å². The molecule has 1 aliphatic heterocycles. The third kappa shape index (κ3) is 3.93. The lowest BCUT2D eigenvalue weighted by molar-refractivity contribution is 0.0651. The lowest BCUT2D eigenvalue weighted by Crippen LogP contribution is -2.15. The molecule has 1 unspecified atom stereocenters. The molecule has 1 atom stereocenters. The number of hydrogen-bond acceptors (Lipinski definition) is 4. The number of ether oxygens (including phenoxy) is 3. The standard InChI is InChI=1S/C14H17ClO4/c1-17-14-3-2-11(6-12(14)15)13(16)9-19-8-10-4-5-18-7-10/h2-3,6,10H,4-5,7-9H2,1H3. The number of Topliss-reactive ketones (excluding diaryl/α,β-unsaturated/α-hetero) is 1. The summed E-state index contributed by atoms with van der Waals surface area (Å²) in [5, 5.41) is 0.428. The fourth-order valence-electron chi connectivity index (χ4n) is 1.96. The summed E-state index contributed by atoms with van der Waals surface area (Å²) in [5.41, 5.74) is 0.536. The summed E-state index contributed by atoms with van der Waals surface area (Å²) in [4.78, 5) is 11.9. The second-order valence-corrected chi connectivity index (χ2v) is 4.92. The fourth-order valence-corrected chi connectivity index (χ4v) is 2.21. The number of rotatable bonds is 6. The summed E-state index contributed by atoms with van der Waals surface area (Å²) in [6.45, 7) is 2.15. The third-order valence-corrected chi connectivity index (χ3v) is 3.38. The van der Waals surface area contributed by atoms with Crippen LogP contribution in [0.4, 0.5) is 0 Å². The maximum atomic E-state index is 11.9. The highest BCUT2D eigenvalue weighted by Gasteiger charge is 2.16. The van der Waals surface area contributed by atoms with E-state index in [4.69, 9.17) is 25.8 Å². The SMILES string of the molecule is COc1ccc(C(=O)COCC2CCOC2)cc1Cl. The van der Waals surface area contributed by atoms with Gasteiger partial charge in [0.05, 0.1) is 25.3 Å². The van der Waals surface area contributed by atoms with Gasteiger partial charge in [-0.25, -0.2) is 0 Å². The van der Waals surface area contributed by atoms with Crippen molar-refractivity contribution in [3.8, 4) is 5.75 Å². The van der Waals surface area contributed by atoms with Crippen LogP contribution in [0, 0.1) is 5.92 Å². The highest BCUT2D eigenvalue weighted by molar-refractivity contribution is 6.32. The molecule has 2 rings (SSSR count). The molecular formula is C14H17ClO4. The number of ketones is 1. The normalized spacial score (nSPS) is 18.5. The molecule has 0 aliphatic carbocycles. The third-order valence-electron chi connectivity index (χ3n) is 3.08. The van der Waals surface area contributed by atoms with Gasteiger partial charge in [0, 0.05) is 18.1 Å². The first kappa shape index (κ1) is 14.3. The van der Waals surface area contributed by atoms with Gasteiger partial charge in [0.25, 0.3) is 0 Å². The minimum absolute atomic E-state index is 0.0686. The van der Waals surface area contributed by atoms with E-state index >= 15 is 0 Å². The van der Waals surface area contributed by atoms with Gasteiger partial charge in [0.15, 0.2) is 5.78 Å². The van der Waals surface area contributed by atoms with Crippen LogP contribution in [0.5, 0.6) is 5.75 Å². The van der Waals surface area contributed by atoms with Gasteiger partial charge in [-0.2, -0.15) is 0 Å². The van der Waals surface area contributed by atoms with Gasteiger partial charge in [-0.05, 0) is 24.6 Å². The molecule has 0 amide bonds. The van der Waals surface area contributed by atoms with E-state index in [0.717, 1.165) is 19.6 Å². The summed E-state index contributed by atoms with van der Waals surface area (Å²) in [6.07, 6.45) is 1.00. The van der Waals surface area contributed by atoms with Crippen molar-refractivity contribution in [2.24, 2.45) is 5.92 Å². The molecule has 0 aromatic heterocycles. The topological polar surface area (TPSA) is 44.8 Å². The van der Waals surface area contributed by atoms with Gasteiger partial charge < -0.3 is 14.2 Å². The molecule has 1 aromatic rings. The number of methoxy groups -OCH3 is 1. The van der Waals surface area contributed by atoms with Crippen molar-refractivity contribution in [3.63, 3.8) is 0 Å². The first-order valence-electron chi connectivity index (χ1n) is 6.23. The lowest BCUT2D eigenvalue weighted by Gasteiger charge is -2.09. The molecule has 0 saturated carbocycles. The van der Waals surface area contributed by atoms with Gasteiger partial charge in [-0.15, -0.1) is 0 Å². The van der Waals surface area contributed by atoms with Crippen LogP contribution in [-0.4, -0.2) is 39.3 Å². The average molecular weight is 285 g/mol. The Morgan fingerprint density at radius 1 is 1.53 bits per heavy atom. The van der Waals surface area contributed by atoms with Crippen LogP contribution in [0.25, 0.3) is 0 Å². The molecule has 5 heteroatoms. The average Bonchev–Trinajstić information content (AvgIpc) is 2.91. The molecule has 1 saturated heterocycles. The Labute approximate surface area is 117 Å². The number of benzene rings is 1. The van der Waals surface area contributed by atoms with Crippen molar-refractivity contribution in [2.45, 2.75) is 6.42 Å². The summed E-state index contributed by atoms with van der Waals surface area (Å²) in [7, 11) is 1.54. The minimum atomic E-state index is -0.0801. The molecule has 1 aliphatic rings. The summed E-state index contributed by atoms with van der Waals surface area (Å²) in [5.74, 6) is 0.887. The molecule has 19 heavy (non-hydrogen) atoms. The van der Waals surface area contributed by atoms with Gasteiger partial charge in [-0.1, -0.05) is 11.6 Å². The van der Waals surface area contributed by atoms with Gasteiger partial charge >= 0.3 is 0 Å². The molecule has 0 radical (unpaired) electrons. The van der Waals surface area contributed by atoms with Crippen molar-refractivity contribution < 1.29 is 19.0 Å². The molecular weight excluding hydrogens is 268 g/mol. The number of hydrogen-bond donors (Lipinski definition) is 0. The molecule has 1 aromatic carbocycles. The van der Waals surface area contributed by atoms with Gasteiger partial charge in [0.1, 0.15) is 12.4 Å². The second kappa shape index (κ2) is 6.89. The highest BCUT2D eigenvalue weighted by atomic mass is 35.5. The Hall–Kier alpha value is -1.10. The van der Waals surface area contributed by atoms with E-state index < -0.39 is 0 Å². The number of halogens is 1. The van der Waals surface area contributed by atoms with E-state index in [1.807, 2.05) is 0 Å². The van der Waals surface area contributed by atoms with Crippen molar-refractivity contribution in [1.82, 2.24) is 0 Å². The first-order chi connectivity index (χ1) is 9.20. The van der Waals surface area contributed by atoms with Crippen molar-refractivity contribution in [3.05, 3.63) is 28.8 Å². The zero-order chi connectivity index (χ0) is 13.7. The quantitative estimate of drug-likeness (QED) is 0.753. The smallest absolute Gasteiger partial charge is 0.188 e. The summed E-state index contributed by atoms with van der Waals surface area (Å²) in [6, 6.07) is 4.97. The second-order valence-electron chi connectivity index (χ2n) is 4.52. The molecule has 0 N–H and O–H groups in total. The predicted molar refractivity (Wildman–Crippen MR) is 72.1 cm³/mol. The van der Waals surface area contributed by atoms with Crippen LogP contribution in [0.3, 0.4) is 0 Å². The molecule has 4 nitrogen and oxygen atoms in total. The van der Waals surface area contributed by atoms with Crippen LogP contribution >= 0.6 is 11.6 Å². The van der Waals surface area contributed by atoms with Crippen molar-refractivity contribution >= 4 is 17.4 Å². The number of carbonyl (C=O) groups excluding carboxylic acids is 1. The Bertz CT molecular complexity index is 441. The van der Waals surface area contributed by atoms with E-state index in [2.05, 4.69) is 0 Å². The number of carbonyl (C=O) groups is 1.